The normalized spacial score (nSPS) is 14.7. The van der Waals surface area contributed by atoms with Crippen LogP contribution in [0.2, 0.25) is 0 Å². The molecule has 2 aliphatic heterocycles. The Bertz CT molecular complexity index is 4750. The Kier molecular flexibility index (Phi) is 9.86. The van der Waals surface area contributed by atoms with Crippen LogP contribution in [0.5, 0.6) is 23.0 Å². The second kappa shape index (κ2) is 17.6. The van der Waals surface area contributed by atoms with Crippen molar-refractivity contribution in [2.75, 3.05) is 4.90 Å². The molecule has 0 radical (unpaired) electrons. The molecule has 5 aliphatic rings. The van der Waals surface area contributed by atoms with E-state index in [0.717, 1.165) is 67.9 Å². The molecular weight excluding hydrogens is 1020 g/mol. The first-order valence-corrected chi connectivity index (χ1v) is 29.2. The molecule has 18 rings (SSSR count). The Hall–Kier alpha value is -10.7. The summed E-state index contributed by atoms with van der Waals surface area (Å²) in [6.45, 7) is 0. The van der Waals surface area contributed by atoms with E-state index in [2.05, 4.69) is 314 Å². The molecule has 0 amide bonds. The Morgan fingerprint density at radius 2 is 0.571 bits per heavy atom. The number of benzene rings is 13. The summed E-state index contributed by atoms with van der Waals surface area (Å²) < 4.78 is 13.7. The highest BCUT2D eigenvalue weighted by molar-refractivity contribution is 6.04. The molecular formula is C81H51NO2. The number of nitrogens with zero attached hydrogens (tertiary/aromatic N) is 1. The van der Waals surface area contributed by atoms with Crippen LogP contribution in [0.3, 0.4) is 0 Å². The van der Waals surface area contributed by atoms with Gasteiger partial charge in [0.15, 0.2) is 0 Å². The summed E-state index contributed by atoms with van der Waals surface area (Å²) in [5.41, 5.74) is 25.3. The second-order valence-electron chi connectivity index (χ2n) is 22.8. The zero-order valence-electron chi connectivity index (χ0n) is 45.7. The van der Waals surface area contributed by atoms with Crippen molar-refractivity contribution in [2.24, 2.45) is 0 Å². The summed E-state index contributed by atoms with van der Waals surface area (Å²) in [6, 6.07) is 115. The molecule has 0 bridgehead atoms. The first-order valence-electron chi connectivity index (χ1n) is 29.2. The largest absolute Gasteiger partial charge is 0.457 e. The van der Waals surface area contributed by atoms with Crippen molar-refractivity contribution >= 4 is 17.1 Å². The van der Waals surface area contributed by atoms with Gasteiger partial charge in [0, 0.05) is 39.1 Å². The number of fused-ring (bicyclic) bond motifs is 21. The molecule has 0 aromatic heterocycles. The van der Waals surface area contributed by atoms with Crippen LogP contribution in [-0.2, 0) is 16.2 Å². The minimum Gasteiger partial charge on any atom is -0.457 e. The van der Waals surface area contributed by atoms with E-state index in [9.17, 15) is 0 Å². The molecule has 0 fully saturated rings. The van der Waals surface area contributed by atoms with Gasteiger partial charge in [0.1, 0.15) is 23.0 Å². The van der Waals surface area contributed by atoms with Gasteiger partial charge in [-0.1, -0.05) is 261 Å². The van der Waals surface area contributed by atoms with Crippen LogP contribution in [-0.4, -0.2) is 0 Å². The van der Waals surface area contributed by atoms with Crippen molar-refractivity contribution in [3.8, 4) is 67.5 Å². The van der Waals surface area contributed by atoms with E-state index in [0.29, 0.717) is 0 Å². The number of hydrogen-bond donors (Lipinski definition) is 0. The van der Waals surface area contributed by atoms with E-state index in [1.807, 2.05) is 0 Å². The van der Waals surface area contributed by atoms with Crippen molar-refractivity contribution in [1.82, 2.24) is 0 Å². The van der Waals surface area contributed by atoms with Crippen molar-refractivity contribution in [3.05, 3.63) is 376 Å². The lowest BCUT2D eigenvalue weighted by Gasteiger charge is -2.40. The Balaban J connectivity index is 0.955. The number of hydrogen-bond acceptors (Lipinski definition) is 3. The van der Waals surface area contributed by atoms with E-state index in [4.69, 9.17) is 9.47 Å². The molecule has 3 heteroatoms. The SMILES string of the molecule is c1ccc(C2(c3ccccc3)c3ccccc3-c3c(-c4ccccc4N(c4ccc5c(c4)C4(c6ccccc6Oc6ccccc64)c4ccccc4-5)c4cccc5c4-c4ccccc4C54c5ccccc5Oc5ccccc54)cccc32)cc1. The van der Waals surface area contributed by atoms with E-state index < -0.39 is 16.2 Å². The van der Waals surface area contributed by atoms with Gasteiger partial charge in [-0.3, -0.25) is 0 Å². The summed E-state index contributed by atoms with van der Waals surface area (Å²) in [5, 5.41) is 0. The molecule has 84 heavy (non-hydrogen) atoms. The van der Waals surface area contributed by atoms with Gasteiger partial charge in [-0.05, 0) is 126 Å². The fourth-order valence-electron chi connectivity index (χ4n) is 16.1. The summed E-state index contributed by atoms with van der Waals surface area (Å²) in [7, 11) is 0. The van der Waals surface area contributed by atoms with Crippen molar-refractivity contribution in [2.45, 2.75) is 16.2 Å². The Morgan fingerprint density at radius 3 is 1.13 bits per heavy atom. The third kappa shape index (κ3) is 5.99. The molecule has 0 atom stereocenters. The van der Waals surface area contributed by atoms with Gasteiger partial charge in [0.05, 0.1) is 27.6 Å². The maximum Gasteiger partial charge on any atom is 0.132 e. The van der Waals surface area contributed by atoms with Gasteiger partial charge in [-0.15, -0.1) is 0 Å². The third-order valence-electron chi connectivity index (χ3n) is 19.1. The highest BCUT2D eigenvalue weighted by Crippen LogP contribution is 2.67. The van der Waals surface area contributed by atoms with Crippen LogP contribution in [0.4, 0.5) is 17.1 Å². The lowest BCUT2D eigenvalue weighted by Crippen LogP contribution is -2.32. The van der Waals surface area contributed by atoms with Crippen LogP contribution in [0, 0.1) is 0 Å². The van der Waals surface area contributed by atoms with Gasteiger partial charge < -0.3 is 14.4 Å². The standard InChI is InChI=1S/C81H51NO2/c1-3-25-52(26-4-1)79(53-27-5-2-6-28-53)62-35-12-8-31-59(62)77-58(33-23-41-68(77)79)57-30-10-18-43-71(57)82(54-49-50-56-55-29-7-11-34-61(55)81(70(56)51-54)66-39-16-21-47-75(66)84-76-48-22-17-40-67(76)81)72-44-24-42-69-78(72)60-32-9-13-36-63(60)80(69)64-37-14-19-45-73(64)83-74-46-20-15-38-65(74)80/h1-51H. The summed E-state index contributed by atoms with van der Waals surface area (Å²) in [5.74, 6) is 3.47. The monoisotopic (exact) mass is 1070 g/mol. The maximum absolute atomic E-state index is 6.88. The van der Waals surface area contributed by atoms with Gasteiger partial charge in [-0.25, -0.2) is 0 Å². The van der Waals surface area contributed by atoms with Gasteiger partial charge >= 0.3 is 0 Å². The quantitative estimate of drug-likeness (QED) is 0.166. The fourth-order valence-corrected chi connectivity index (χ4v) is 16.1. The van der Waals surface area contributed by atoms with Gasteiger partial charge in [0.2, 0.25) is 0 Å². The van der Waals surface area contributed by atoms with Crippen molar-refractivity contribution < 1.29 is 9.47 Å². The molecule has 0 unspecified atom stereocenters. The minimum absolute atomic E-state index is 0.576. The molecule has 3 aliphatic carbocycles. The number of rotatable bonds is 6. The second-order valence-corrected chi connectivity index (χ2v) is 22.8. The van der Waals surface area contributed by atoms with E-state index in [1.54, 1.807) is 0 Å². The molecule has 392 valence electrons. The molecule has 13 aromatic carbocycles. The predicted molar refractivity (Wildman–Crippen MR) is 339 cm³/mol. The highest BCUT2D eigenvalue weighted by atomic mass is 16.5. The molecule has 0 N–H and O–H groups in total. The number of para-hydroxylation sites is 5. The summed E-state index contributed by atoms with van der Waals surface area (Å²) in [4.78, 5) is 2.59. The smallest absolute Gasteiger partial charge is 0.132 e. The van der Waals surface area contributed by atoms with Crippen LogP contribution in [0.1, 0.15) is 66.8 Å². The lowest BCUT2D eigenvalue weighted by atomic mass is 9.66. The predicted octanol–water partition coefficient (Wildman–Crippen LogP) is 20.1. The number of ether oxygens (including phenoxy) is 2. The molecule has 2 heterocycles. The topological polar surface area (TPSA) is 21.7 Å². The zero-order chi connectivity index (χ0) is 55.1. The van der Waals surface area contributed by atoms with E-state index in [-0.39, 0.29) is 0 Å². The van der Waals surface area contributed by atoms with Crippen molar-refractivity contribution in [1.29, 1.82) is 0 Å². The zero-order valence-corrected chi connectivity index (χ0v) is 45.7. The van der Waals surface area contributed by atoms with Gasteiger partial charge in [0.25, 0.3) is 0 Å². The van der Waals surface area contributed by atoms with Crippen molar-refractivity contribution in [3.63, 3.8) is 0 Å². The fraction of sp³-hybridized carbons (Fsp3) is 0.0370. The molecule has 3 nitrogen and oxygen atoms in total. The first kappa shape index (κ1) is 47.0. The molecule has 0 saturated carbocycles. The Labute approximate surface area is 488 Å². The van der Waals surface area contributed by atoms with Crippen LogP contribution in [0.15, 0.2) is 309 Å². The number of anilines is 3. The van der Waals surface area contributed by atoms with Crippen LogP contribution in [0.25, 0.3) is 44.5 Å². The first-order chi connectivity index (χ1) is 41.7. The van der Waals surface area contributed by atoms with Gasteiger partial charge in [-0.2, -0.15) is 0 Å². The molecule has 2 spiro atoms. The van der Waals surface area contributed by atoms with E-state index >= 15 is 0 Å². The molecule has 13 aromatic rings. The van der Waals surface area contributed by atoms with Crippen LogP contribution >= 0.6 is 0 Å². The lowest BCUT2D eigenvalue weighted by molar-refractivity contribution is 0.436. The Morgan fingerprint density at radius 1 is 0.214 bits per heavy atom. The van der Waals surface area contributed by atoms with E-state index in [1.165, 1.54) is 83.5 Å². The average molecular weight is 1070 g/mol. The average Bonchev–Trinajstić information content (AvgIpc) is 1.56. The summed E-state index contributed by atoms with van der Waals surface area (Å²) in [6.07, 6.45) is 0. The maximum atomic E-state index is 6.88. The van der Waals surface area contributed by atoms with Crippen LogP contribution < -0.4 is 14.4 Å². The summed E-state index contributed by atoms with van der Waals surface area (Å²) >= 11 is 0. The minimum atomic E-state index is -0.689. The molecule has 0 saturated heterocycles. The third-order valence-corrected chi connectivity index (χ3v) is 19.1. The highest BCUT2D eigenvalue weighted by Gasteiger charge is 2.54.